The van der Waals surface area contributed by atoms with E-state index < -0.39 is 0 Å². The number of ether oxygens (including phenoxy) is 1. The van der Waals surface area contributed by atoms with Crippen molar-refractivity contribution in [3.05, 3.63) is 0 Å². The van der Waals surface area contributed by atoms with Crippen LogP contribution in [0, 0.1) is 52.3 Å². The SMILES string of the molecule is CC(C)CCCC(C)C1CCC2C3CCC4CC(OC(=O)CCCO)CCC4(C)C3CCC12C. The minimum absolute atomic E-state index is 0.0706. The third-order valence-corrected chi connectivity index (χ3v) is 11.7. The molecule has 3 nitrogen and oxygen atoms in total. The Labute approximate surface area is 210 Å². The Balaban J connectivity index is 1.38. The number of hydrogen-bond acceptors (Lipinski definition) is 3. The van der Waals surface area contributed by atoms with Gasteiger partial charge in [0.15, 0.2) is 0 Å². The molecule has 196 valence electrons. The van der Waals surface area contributed by atoms with Gasteiger partial charge >= 0.3 is 5.97 Å². The topological polar surface area (TPSA) is 46.5 Å². The van der Waals surface area contributed by atoms with E-state index in [1.54, 1.807) is 0 Å². The number of esters is 1. The van der Waals surface area contributed by atoms with Gasteiger partial charge in [-0.2, -0.15) is 0 Å². The van der Waals surface area contributed by atoms with Crippen LogP contribution < -0.4 is 0 Å². The first-order valence-electron chi connectivity index (χ1n) is 15.0. The van der Waals surface area contributed by atoms with Crippen LogP contribution in [-0.2, 0) is 9.53 Å². The zero-order valence-corrected chi connectivity index (χ0v) is 23.0. The lowest BCUT2D eigenvalue weighted by Gasteiger charge is -2.61. The van der Waals surface area contributed by atoms with Crippen molar-refractivity contribution >= 4 is 5.97 Å². The van der Waals surface area contributed by atoms with Crippen molar-refractivity contribution < 1.29 is 14.6 Å². The van der Waals surface area contributed by atoms with Gasteiger partial charge in [0.2, 0.25) is 0 Å². The van der Waals surface area contributed by atoms with Gasteiger partial charge < -0.3 is 9.84 Å². The second-order valence-corrected chi connectivity index (χ2v) is 13.9. The molecule has 1 N–H and O–H groups in total. The number of fused-ring (bicyclic) bond motifs is 5. The van der Waals surface area contributed by atoms with Crippen molar-refractivity contribution in [2.45, 2.75) is 131 Å². The lowest BCUT2D eigenvalue weighted by molar-refractivity contribution is -0.163. The summed E-state index contributed by atoms with van der Waals surface area (Å²) in [6.07, 6.45) is 17.1. The molecule has 0 aromatic carbocycles. The van der Waals surface area contributed by atoms with E-state index in [-0.39, 0.29) is 18.7 Å². The molecule has 0 aromatic heterocycles. The molecule has 4 saturated carbocycles. The fraction of sp³-hybridized carbons (Fsp3) is 0.968. The number of rotatable bonds is 9. The van der Waals surface area contributed by atoms with E-state index in [1.165, 1.54) is 64.2 Å². The number of aliphatic hydroxyl groups is 1. The largest absolute Gasteiger partial charge is 0.462 e. The van der Waals surface area contributed by atoms with E-state index in [1.807, 2.05) is 0 Å². The Morgan fingerprint density at radius 3 is 2.38 bits per heavy atom. The van der Waals surface area contributed by atoms with Crippen LogP contribution >= 0.6 is 0 Å². The van der Waals surface area contributed by atoms with Gasteiger partial charge in [0.05, 0.1) is 0 Å². The molecule has 4 aliphatic carbocycles. The van der Waals surface area contributed by atoms with Crippen LogP contribution in [0.3, 0.4) is 0 Å². The summed E-state index contributed by atoms with van der Waals surface area (Å²) in [6.45, 7) is 12.7. The van der Waals surface area contributed by atoms with E-state index >= 15 is 0 Å². The molecular formula is C31H54O3. The molecule has 34 heavy (non-hydrogen) atoms. The smallest absolute Gasteiger partial charge is 0.306 e. The van der Waals surface area contributed by atoms with Gasteiger partial charge in [-0.3, -0.25) is 4.79 Å². The summed E-state index contributed by atoms with van der Waals surface area (Å²) < 4.78 is 5.85. The van der Waals surface area contributed by atoms with Crippen molar-refractivity contribution in [3.8, 4) is 0 Å². The lowest BCUT2D eigenvalue weighted by Crippen LogP contribution is -2.54. The summed E-state index contributed by atoms with van der Waals surface area (Å²) in [5, 5.41) is 9.00. The zero-order chi connectivity index (χ0) is 24.5. The summed E-state index contributed by atoms with van der Waals surface area (Å²) in [6, 6.07) is 0. The van der Waals surface area contributed by atoms with Crippen molar-refractivity contribution in [3.63, 3.8) is 0 Å². The molecule has 0 spiro atoms. The first-order chi connectivity index (χ1) is 16.2. The molecule has 0 bridgehead atoms. The van der Waals surface area contributed by atoms with Crippen molar-refractivity contribution in [1.82, 2.24) is 0 Å². The van der Waals surface area contributed by atoms with Gasteiger partial charge in [0.1, 0.15) is 6.10 Å². The molecule has 0 saturated heterocycles. The molecule has 0 radical (unpaired) electrons. The standard InChI is InChI=1S/C31H54O3/c1-21(2)8-6-9-22(3)26-13-14-27-25-12-11-23-20-24(34-29(33)10-7-19-32)15-17-30(23,4)28(25)16-18-31(26,27)5/h21-28,32H,6-20H2,1-5H3. The minimum Gasteiger partial charge on any atom is -0.462 e. The first kappa shape index (κ1) is 26.5. The van der Waals surface area contributed by atoms with Gasteiger partial charge in [-0.25, -0.2) is 0 Å². The van der Waals surface area contributed by atoms with Crippen molar-refractivity contribution in [1.29, 1.82) is 0 Å². The molecule has 0 heterocycles. The zero-order valence-electron chi connectivity index (χ0n) is 23.0. The summed E-state index contributed by atoms with van der Waals surface area (Å²) >= 11 is 0. The van der Waals surface area contributed by atoms with Gasteiger partial charge in [-0.1, -0.05) is 53.9 Å². The molecule has 4 rings (SSSR count). The van der Waals surface area contributed by atoms with Gasteiger partial charge in [-0.05, 0) is 116 Å². The summed E-state index contributed by atoms with van der Waals surface area (Å²) in [7, 11) is 0. The van der Waals surface area contributed by atoms with E-state index in [9.17, 15) is 4.79 Å². The summed E-state index contributed by atoms with van der Waals surface area (Å²) in [5.41, 5.74) is 1.01. The van der Waals surface area contributed by atoms with E-state index in [0.29, 0.717) is 23.7 Å². The molecule has 4 fully saturated rings. The second kappa shape index (κ2) is 10.8. The molecule has 4 aliphatic rings. The molecule has 9 unspecified atom stereocenters. The van der Waals surface area contributed by atoms with Gasteiger partial charge in [0, 0.05) is 13.0 Å². The van der Waals surface area contributed by atoms with Gasteiger partial charge in [0.25, 0.3) is 0 Å². The number of hydrogen-bond donors (Lipinski definition) is 1. The molecule has 3 heteroatoms. The average molecular weight is 475 g/mol. The lowest BCUT2D eigenvalue weighted by atomic mass is 9.44. The number of carbonyl (C=O) groups excluding carboxylic acids is 1. The highest BCUT2D eigenvalue weighted by Gasteiger charge is 2.60. The van der Waals surface area contributed by atoms with Crippen LogP contribution in [0.4, 0.5) is 0 Å². The van der Waals surface area contributed by atoms with Crippen LogP contribution in [0.25, 0.3) is 0 Å². The predicted molar refractivity (Wildman–Crippen MR) is 139 cm³/mol. The average Bonchev–Trinajstić information content (AvgIpc) is 3.15. The summed E-state index contributed by atoms with van der Waals surface area (Å²) in [4.78, 5) is 12.1. The fourth-order valence-electron chi connectivity index (χ4n) is 9.82. The Kier molecular flexibility index (Phi) is 8.43. The maximum absolute atomic E-state index is 12.1. The highest BCUT2D eigenvalue weighted by atomic mass is 16.5. The predicted octanol–water partition coefficient (Wildman–Crippen LogP) is 7.79. The quantitative estimate of drug-likeness (QED) is 0.347. The second-order valence-electron chi connectivity index (χ2n) is 13.9. The van der Waals surface area contributed by atoms with Crippen LogP contribution in [0.15, 0.2) is 0 Å². The first-order valence-corrected chi connectivity index (χ1v) is 15.0. The summed E-state index contributed by atoms with van der Waals surface area (Å²) in [5.74, 6) is 6.01. The Bertz CT molecular complexity index is 688. The van der Waals surface area contributed by atoms with Crippen LogP contribution in [0.1, 0.15) is 125 Å². The fourth-order valence-corrected chi connectivity index (χ4v) is 9.82. The van der Waals surface area contributed by atoms with Crippen molar-refractivity contribution in [2.75, 3.05) is 6.61 Å². The number of aliphatic hydroxyl groups excluding tert-OH is 1. The highest BCUT2D eigenvalue weighted by molar-refractivity contribution is 5.69. The monoisotopic (exact) mass is 474 g/mol. The highest BCUT2D eigenvalue weighted by Crippen LogP contribution is 2.68. The van der Waals surface area contributed by atoms with Crippen LogP contribution in [-0.4, -0.2) is 23.8 Å². The third-order valence-electron chi connectivity index (χ3n) is 11.7. The van der Waals surface area contributed by atoms with Crippen LogP contribution in [0.2, 0.25) is 0 Å². The minimum atomic E-state index is -0.107. The molecule has 0 amide bonds. The molecule has 9 atom stereocenters. The van der Waals surface area contributed by atoms with Crippen molar-refractivity contribution in [2.24, 2.45) is 52.3 Å². The third kappa shape index (κ3) is 5.12. The number of carbonyl (C=O) groups is 1. The van der Waals surface area contributed by atoms with E-state index in [0.717, 1.165) is 54.3 Å². The molecular weight excluding hydrogens is 420 g/mol. The van der Waals surface area contributed by atoms with Crippen LogP contribution in [0.5, 0.6) is 0 Å². The van der Waals surface area contributed by atoms with E-state index in [4.69, 9.17) is 9.84 Å². The normalized spacial score (nSPS) is 42.6. The Morgan fingerprint density at radius 2 is 1.65 bits per heavy atom. The maximum atomic E-state index is 12.1. The molecule has 0 aromatic rings. The van der Waals surface area contributed by atoms with Gasteiger partial charge in [-0.15, -0.1) is 0 Å². The molecule has 0 aliphatic heterocycles. The van der Waals surface area contributed by atoms with E-state index in [2.05, 4.69) is 34.6 Å². The Hall–Kier alpha value is -0.570. The maximum Gasteiger partial charge on any atom is 0.306 e. The Morgan fingerprint density at radius 1 is 0.912 bits per heavy atom.